The number of carbonyl (C=O) groups is 1. The van der Waals surface area contributed by atoms with E-state index in [2.05, 4.69) is 26.1 Å². The van der Waals surface area contributed by atoms with Crippen molar-refractivity contribution in [1.82, 2.24) is 5.32 Å². The number of nitrogens with two attached hydrogens (primary N) is 1. The summed E-state index contributed by atoms with van der Waals surface area (Å²) in [7, 11) is 0. The largest absolute Gasteiger partial charge is 0.398 e. The van der Waals surface area contributed by atoms with E-state index in [-0.39, 0.29) is 22.8 Å². The molecule has 3 N–H and O–H groups in total. The normalized spacial score (nSPS) is 33.1. The monoisotopic (exact) mass is 286 g/mol. The Morgan fingerprint density at radius 1 is 1.33 bits per heavy atom. The van der Waals surface area contributed by atoms with Crippen LogP contribution in [0.15, 0.2) is 18.2 Å². The van der Waals surface area contributed by atoms with E-state index >= 15 is 0 Å². The SMILES string of the molecule is Cc1ccc(C(=O)NC2C3(C)CCC(C3)C2(C)C)c(N)c1. The van der Waals surface area contributed by atoms with Crippen molar-refractivity contribution in [1.29, 1.82) is 0 Å². The van der Waals surface area contributed by atoms with Crippen LogP contribution in [0.2, 0.25) is 0 Å². The van der Waals surface area contributed by atoms with Gasteiger partial charge in [0.2, 0.25) is 0 Å². The lowest BCUT2D eigenvalue weighted by Crippen LogP contribution is -2.52. The van der Waals surface area contributed by atoms with Crippen LogP contribution in [0.4, 0.5) is 5.69 Å². The zero-order valence-electron chi connectivity index (χ0n) is 13.5. The van der Waals surface area contributed by atoms with Crippen LogP contribution < -0.4 is 11.1 Å². The molecular weight excluding hydrogens is 260 g/mol. The predicted molar refractivity (Wildman–Crippen MR) is 86.1 cm³/mol. The molecule has 2 aliphatic carbocycles. The molecule has 0 spiro atoms. The van der Waals surface area contributed by atoms with Crippen LogP contribution in [-0.2, 0) is 0 Å². The summed E-state index contributed by atoms with van der Waals surface area (Å²) in [6.45, 7) is 8.90. The highest BCUT2D eigenvalue weighted by atomic mass is 16.1. The summed E-state index contributed by atoms with van der Waals surface area (Å²) in [6.07, 6.45) is 3.74. The third kappa shape index (κ3) is 2.14. The lowest BCUT2D eigenvalue weighted by atomic mass is 9.68. The van der Waals surface area contributed by atoms with Crippen molar-refractivity contribution < 1.29 is 4.79 Å². The minimum absolute atomic E-state index is 0.0284. The molecule has 2 saturated carbocycles. The van der Waals surface area contributed by atoms with Gasteiger partial charge in [0, 0.05) is 11.7 Å². The Balaban J connectivity index is 1.85. The van der Waals surface area contributed by atoms with E-state index in [0.717, 1.165) is 11.5 Å². The first-order valence-electron chi connectivity index (χ1n) is 7.91. The highest BCUT2D eigenvalue weighted by molar-refractivity contribution is 5.99. The molecule has 1 aromatic carbocycles. The highest BCUT2D eigenvalue weighted by Gasteiger charge is 2.59. The number of fused-ring (bicyclic) bond motifs is 2. The molecule has 3 atom stereocenters. The number of nitrogen functional groups attached to an aromatic ring is 1. The Kier molecular flexibility index (Phi) is 3.09. The fraction of sp³-hybridized carbons (Fsp3) is 0.611. The van der Waals surface area contributed by atoms with Crippen molar-refractivity contribution in [2.75, 3.05) is 5.73 Å². The second-order valence-electron chi connectivity index (χ2n) is 7.91. The third-order valence-corrected chi connectivity index (χ3v) is 6.00. The topological polar surface area (TPSA) is 55.1 Å². The van der Waals surface area contributed by atoms with Gasteiger partial charge in [0.05, 0.1) is 5.56 Å². The Morgan fingerprint density at radius 3 is 2.62 bits per heavy atom. The number of aryl methyl sites for hydroxylation is 1. The molecule has 3 unspecified atom stereocenters. The fourth-order valence-electron chi connectivity index (χ4n) is 4.76. The molecule has 1 aromatic rings. The van der Waals surface area contributed by atoms with Crippen molar-refractivity contribution >= 4 is 11.6 Å². The maximum atomic E-state index is 12.6. The number of hydrogen-bond donors (Lipinski definition) is 2. The predicted octanol–water partition coefficient (Wildman–Crippen LogP) is 3.52. The van der Waals surface area contributed by atoms with Crippen molar-refractivity contribution in [2.45, 2.75) is 53.0 Å². The third-order valence-electron chi connectivity index (χ3n) is 6.00. The molecule has 114 valence electrons. The van der Waals surface area contributed by atoms with E-state index < -0.39 is 0 Å². The summed E-state index contributed by atoms with van der Waals surface area (Å²) in [5.41, 5.74) is 8.67. The first-order chi connectivity index (χ1) is 9.74. The first kappa shape index (κ1) is 14.4. The molecule has 0 aromatic heterocycles. The summed E-state index contributed by atoms with van der Waals surface area (Å²) >= 11 is 0. The minimum Gasteiger partial charge on any atom is -0.398 e. The standard InChI is InChI=1S/C18H26N2O/c1-11-5-6-13(14(19)9-11)15(21)20-16-17(2,3)12-7-8-18(16,4)10-12/h5-6,9,12,16H,7-8,10,19H2,1-4H3,(H,20,21). The lowest BCUT2D eigenvalue weighted by Gasteiger charge is -2.43. The summed E-state index contributed by atoms with van der Waals surface area (Å²) in [5, 5.41) is 3.30. The van der Waals surface area contributed by atoms with Gasteiger partial charge < -0.3 is 11.1 Å². The van der Waals surface area contributed by atoms with E-state index in [1.807, 2.05) is 25.1 Å². The van der Waals surface area contributed by atoms with Crippen molar-refractivity contribution in [3.05, 3.63) is 29.3 Å². The van der Waals surface area contributed by atoms with Crippen LogP contribution in [0.3, 0.4) is 0 Å². The summed E-state index contributed by atoms with van der Waals surface area (Å²) in [5.74, 6) is 0.697. The van der Waals surface area contributed by atoms with Crippen LogP contribution in [0.1, 0.15) is 56.0 Å². The molecule has 2 fully saturated rings. The van der Waals surface area contributed by atoms with Crippen molar-refractivity contribution in [3.8, 4) is 0 Å². The number of benzene rings is 1. The fourth-order valence-corrected chi connectivity index (χ4v) is 4.76. The summed E-state index contributed by atoms with van der Waals surface area (Å²) in [4.78, 5) is 12.6. The number of amides is 1. The maximum Gasteiger partial charge on any atom is 0.253 e. The van der Waals surface area contributed by atoms with Gasteiger partial charge in [-0.25, -0.2) is 0 Å². The van der Waals surface area contributed by atoms with Gasteiger partial charge in [0.15, 0.2) is 0 Å². The molecule has 0 radical (unpaired) electrons. The number of carbonyl (C=O) groups excluding carboxylic acids is 1. The van der Waals surface area contributed by atoms with E-state index in [9.17, 15) is 4.79 Å². The molecule has 2 aliphatic rings. The van der Waals surface area contributed by atoms with Crippen molar-refractivity contribution in [3.63, 3.8) is 0 Å². The number of rotatable bonds is 2. The molecule has 3 nitrogen and oxygen atoms in total. The van der Waals surface area contributed by atoms with Gasteiger partial charge in [-0.05, 0) is 60.6 Å². The molecule has 2 bridgehead atoms. The van der Waals surface area contributed by atoms with Gasteiger partial charge in [0.1, 0.15) is 0 Å². The number of hydrogen-bond acceptors (Lipinski definition) is 2. The second-order valence-corrected chi connectivity index (χ2v) is 7.91. The van der Waals surface area contributed by atoms with Crippen LogP contribution in [0.5, 0.6) is 0 Å². The molecule has 0 saturated heterocycles. The van der Waals surface area contributed by atoms with Gasteiger partial charge in [0.25, 0.3) is 5.91 Å². The van der Waals surface area contributed by atoms with Crippen LogP contribution in [0, 0.1) is 23.7 Å². The maximum absolute atomic E-state index is 12.6. The van der Waals surface area contributed by atoms with Crippen LogP contribution in [0.25, 0.3) is 0 Å². The lowest BCUT2D eigenvalue weighted by molar-refractivity contribution is 0.0738. The van der Waals surface area contributed by atoms with E-state index in [1.54, 1.807) is 0 Å². The molecule has 0 heterocycles. The molecule has 3 rings (SSSR count). The highest BCUT2D eigenvalue weighted by Crippen LogP contribution is 2.62. The molecular formula is C18H26N2O. The molecule has 0 aliphatic heterocycles. The smallest absolute Gasteiger partial charge is 0.253 e. The Bertz CT molecular complexity index is 588. The van der Waals surface area contributed by atoms with Gasteiger partial charge in [-0.15, -0.1) is 0 Å². The zero-order chi connectivity index (χ0) is 15.4. The van der Waals surface area contributed by atoms with Crippen molar-refractivity contribution in [2.24, 2.45) is 16.7 Å². The van der Waals surface area contributed by atoms with Crippen LogP contribution in [-0.4, -0.2) is 11.9 Å². The second kappa shape index (κ2) is 4.49. The van der Waals surface area contributed by atoms with Gasteiger partial charge >= 0.3 is 0 Å². The summed E-state index contributed by atoms with van der Waals surface area (Å²) in [6, 6.07) is 5.88. The average Bonchev–Trinajstić information content (AvgIpc) is 2.85. The van der Waals surface area contributed by atoms with Crippen LogP contribution >= 0.6 is 0 Å². The molecule has 3 heteroatoms. The zero-order valence-corrected chi connectivity index (χ0v) is 13.5. The molecule has 1 amide bonds. The Labute approximate surface area is 127 Å². The van der Waals surface area contributed by atoms with Gasteiger partial charge in [-0.1, -0.05) is 26.8 Å². The minimum atomic E-state index is -0.0284. The Morgan fingerprint density at radius 2 is 2.05 bits per heavy atom. The van der Waals surface area contributed by atoms with E-state index in [4.69, 9.17) is 5.73 Å². The first-order valence-corrected chi connectivity index (χ1v) is 7.91. The summed E-state index contributed by atoms with van der Waals surface area (Å²) < 4.78 is 0. The number of nitrogens with one attached hydrogen (secondary N) is 1. The van der Waals surface area contributed by atoms with Gasteiger partial charge in [-0.3, -0.25) is 4.79 Å². The number of anilines is 1. The molecule has 21 heavy (non-hydrogen) atoms. The van der Waals surface area contributed by atoms with Gasteiger partial charge in [-0.2, -0.15) is 0 Å². The van der Waals surface area contributed by atoms with E-state index in [0.29, 0.717) is 11.3 Å². The Hall–Kier alpha value is -1.51. The van der Waals surface area contributed by atoms with E-state index in [1.165, 1.54) is 19.3 Å². The quantitative estimate of drug-likeness (QED) is 0.817. The average molecular weight is 286 g/mol.